The van der Waals surface area contributed by atoms with E-state index < -0.39 is 5.97 Å². The maximum atomic E-state index is 13.2. The molecule has 0 N–H and O–H groups in total. The number of fused-ring (bicyclic) bond motifs is 1. The third-order valence-electron chi connectivity index (χ3n) is 3.98. The number of nitrogens with zero attached hydrogens (tertiary/aromatic N) is 2. The number of aryl methyl sites for hydroxylation is 1. The summed E-state index contributed by atoms with van der Waals surface area (Å²) >= 11 is 1.39. The van der Waals surface area contributed by atoms with E-state index in [0.29, 0.717) is 29.0 Å². The molecule has 8 heteroatoms. The Bertz CT molecular complexity index is 1010. The lowest BCUT2D eigenvalue weighted by Gasteiger charge is -2.07. The van der Waals surface area contributed by atoms with Crippen molar-refractivity contribution in [1.82, 2.24) is 9.55 Å². The fraction of sp³-hybridized carbons (Fsp3) is 0.316. The molecule has 3 rings (SSSR count). The first-order valence-corrected chi connectivity index (χ1v) is 9.30. The molecule has 142 valence electrons. The smallest absolute Gasteiger partial charge is 0.326 e. The minimum absolute atomic E-state index is 0.134. The molecule has 2 heterocycles. The number of esters is 1. The summed E-state index contributed by atoms with van der Waals surface area (Å²) in [5, 5.41) is 0.425. The lowest BCUT2D eigenvalue weighted by Crippen LogP contribution is -2.26. The molecule has 3 aromatic rings. The molecule has 1 aromatic carbocycles. The van der Waals surface area contributed by atoms with Crippen LogP contribution in [-0.4, -0.2) is 35.3 Å². The van der Waals surface area contributed by atoms with Crippen molar-refractivity contribution >= 4 is 27.5 Å². The van der Waals surface area contributed by atoms with Crippen molar-refractivity contribution < 1.29 is 18.7 Å². The molecule has 0 radical (unpaired) electrons. The van der Waals surface area contributed by atoms with Gasteiger partial charge in [-0.05, 0) is 31.5 Å². The summed E-state index contributed by atoms with van der Waals surface area (Å²) in [6, 6.07) is 5.96. The average molecular weight is 390 g/mol. The van der Waals surface area contributed by atoms with Crippen molar-refractivity contribution in [2.24, 2.45) is 0 Å². The van der Waals surface area contributed by atoms with Gasteiger partial charge in [-0.2, -0.15) is 0 Å². The number of carbonyl (C=O) groups excluding carboxylic acids is 1. The van der Waals surface area contributed by atoms with Crippen molar-refractivity contribution in [3.8, 4) is 11.1 Å². The van der Waals surface area contributed by atoms with Gasteiger partial charge in [-0.1, -0.05) is 12.1 Å². The zero-order valence-corrected chi connectivity index (χ0v) is 15.8. The quantitative estimate of drug-likeness (QED) is 0.458. The van der Waals surface area contributed by atoms with Gasteiger partial charge in [0.2, 0.25) is 0 Å². The summed E-state index contributed by atoms with van der Waals surface area (Å²) in [5.74, 6) is -0.880. The molecule has 27 heavy (non-hydrogen) atoms. The Labute approximate surface area is 159 Å². The number of aromatic nitrogens is 2. The number of hydrogen-bond acceptors (Lipinski definition) is 6. The number of thiophene rings is 1. The van der Waals surface area contributed by atoms with Gasteiger partial charge in [0.25, 0.3) is 5.56 Å². The lowest BCUT2D eigenvalue weighted by atomic mass is 10.0. The van der Waals surface area contributed by atoms with Crippen LogP contribution < -0.4 is 5.56 Å². The van der Waals surface area contributed by atoms with E-state index in [-0.39, 0.29) is 24.5 Å². The van der Waals surface area contributed by atoms with E-state index in [1.54, 1.807) is 12.1 Å². The van der Waals surface area contributed by atoms with Crippen molar-refractivity contribution in [2.45, 2.75) is 20.4 Å². The molecule has 0 bridgehead atoms. The molecular formula is C19H19FN2O4S. The van der Waals surface area contributed by atoms with Crippen LogP contribution in [0.5, 0.6) is 0 Å². The number of benzene rings is 1. The van der Waals surface area contributed by atoms with Crippen molar-refractivity contribution in [3.63, 3.8) is 0 Å². The van der Waals surface area contributed by atoms with Crippen LogP contribution in [0.3, 0.4) is 0 Å². The van der Waals surface area contributed by atoms with Crippen LogP contribution >= 0.6 is 11.3 Å². The highest BCUT2D eigenvalue weighted by atomic mass is 32.1. The Morgan fingerprint density at radius 3 is 2.70 bits per heavy atom. The zero-order chi connectivity index (χ0) is 19.4. The maximum absolute atomic E-state index is 13.2. The first-order chi connectivity index (χ1) is 13.0. The van der Waals surface area contributed by atoms with Gasteiger partial charge < -0.3 is 9.47 Å². The largest absolute Gasteiger partial charge is 0.462 e. The van der Waals surface area contributed by atoms with Gasteiger partial charge in [0.1, 0.15) is 23.8 Å². The van der Waals surface area contributed by atoms with Crippen molar-refractivity contribution in [2.75, 3.05) is 19.8 Å². The number of ether oxygens (including phenoxy) is 2. The van der Waals surface area contributed by atoms with Crippen LogP contribution in [0.4, 0.5) is 4.39 Å². The summed E-state index contributed by atoms with van der Waals surface area (Å²) in [6.07, 6.45) is 1.35. The number of halogens is 1. The van der Waals surface area contributed by atoms with E-state index in [4.69, 9.17) is 9.47 Å². The number of rotatable bonds is 7. The van der Waals surface area contributed by atoms with Crippen molar-refractivity contribution in [3.05, 3.63) is 51.6 Å². The molecule has 2 aromatic heterocycles. The Kier molecular flexibility index (Phi) is 5.98. The highest BCUT2D eigenvalue weighted by Crippen LogP contribution is 2.35. The third kappa shape index (κ3) is 4.23. The van der Waals surface area contributed by atoms with Crippen LogP contribution in [-0.2, 0) is 20.8 Å². The Morgan fingerprint density at radius 1 is 1.26 bits per heavy atom. The normalized spacial score (nSPS) is 11.1. The fourth-order valence-electron chi connectivity index (χ4n) is 2.76. The zero-order valence-electron chi connectivity index (χ0n) is 15.0. The standard InChI is InChI=1S/C19H19FN2O4S/c1-3-25-8-9-26-15(23)10-22-11-21-18-17(19(22)24)16(12(2)27-18)13-4-6-14(20)7-5-13/h4-7,11H,3,8-10H2,1-2H3. The van der Waals surface area contributed by atoms with E-state index in [2.05, 4.69) is 4.98 Å². The van der Waals surface area contributed by atoms with E-state index in [9.17, 15) is 14.0 Å². The molecule has 0 saturated heterocycles. The van der Waals surface area contributed by atoms with E-state index >= 15 is 0 Å². The predicted molar refractivity (Wildman–Crippen MR) is 101 cm³/mol. The van der Waals surface area contributed by atoms with Gasteiger partial charge in [-0.25, -0.2) is 9.37 Å². The molecule has 6 nitrogen and oxygen atoms in total. The second-order valence-corrected chi connectivity index (χ2v) is 7.02. The lowest BCUT2D eigenvalue weighted by molar-refractivity contribution is -0.145. The third-order valence-corrected chi connectivity index (χ3v) is 5.00. The van der Waals surface area contributed by atoms with Gasteiger partial charge in [0, 0.05) is 17.0 Å². The minimum atomic E-state index is -0.534. The van der Waals surface area contributed by atoms with Crippen LogP contribution in [0.2, 0.25) is 0 Å². The van der Waals surface area contributed by atoms with Gasteiger partial charge in [0.15, 0.2) is 0 Å². The van der Waals surface area contributed by atoms with E-state index in [0.717, 1.165) is 10.4 Å². The highest BCUT2D eigenvalue weighted by Gasteiger charge is 2.18. The van der Waals surface area contributed by atoms with Gasteiger partial charge >= 0.3 is 5.97 Å². The molecule has 0 amide bonds. The molecule has 0 aliphatic carbocycles. The molecule has 0 saturated carbocycles. The second-order valence-electron chi connectivity index (χ2n) is 5.82. The van der Waals surface area contributed by atoms with Crippen LogP contribution in [0.25, 0.3) is 21.3 Å². The summed E-state index contributed by atoms with van der Waals surface area (Å²) in [7, 11) is 0. The van der Waals surface area contributed by atoms with Gasteiger partial charge in [0.05, 0.1) is 18.3 Å². The van der Waals surface area contributed by atoms with E-state index in [1.807, 2.05) is 13.8 Å². The molecule has 0 unspecified atom stereocenters. The topological polar surface area (TPSA) is 70.4 Å². The first-order valence-electron chi connectivity index (χ1n) is 8.49. The SMILES string of the molecule is CCOCCOC(=O)Cn1cnc2sc(C)c(-c3ccc(F)cc3)c2c1=O. The fourth-order valence-corrected chi connectivity index (χ4v) is 3.76. The van der Waals surface area contributed by atoms with E-state index in [1.165, 1.54) is 34.4 Å². The number of hydrogen-bond donors (Lipinski definition) is 0. The number of carbonyl (C=O) groups is 1. The highest BCUT2D eigenvalue weighted by molar-refractivity contribution is 7.19. The monoisotopic (exact) mass is 390 g/mol. The maximum Gasteiger partial charge on any atom is 0.326 e. The summed E-state index contributed by atoms with van der Waals surface area (Å²) in [4.78, 5) is 30.7. The molecule has 0 spiro atoms. The van der Waals surface area contributed by atoms with Crippen LogP contribution in [0, 0.1) is 12.7 Å². The Balaban J connectivity index is 1.92. The molecule has 0 aliphatic rings. The molecule has 0 atom stereocenters. The Morgan fingerprint density at radius 2 is 2.00 bits per heavy atom. The van der Waals surface area contributed by atoms with Crippen LogP contribution in [0.1, 0.15) is 11.8 Å². The Hall–Kier alpha value is -2.58. The molecule has 0 aliphatic heterocycles. The summed E-state index contributed by atoms with van der Waals surface area (Å²) < 4.78 is 24.6. The summed E-state index contributed by atoms with van der Waals surface area (Å²) in [5.41, 5.74) is 1.12. The van der Waals surface area contributed by atoms with Crippen LogP contribution in [0.15, 0.2) is 35.4 Å². The average Bonchev–Trinajstić information content (AvgIpc) is 2.99. The summed E-state index contributed by atoms with van der Waals surface area (Å²) in [6.45, 7) is 4.50. The molecular weight excluding hydrogens is 371 g/mol. The first kappa shape index (κ1) is 19.2. The molecule has 0 fully saturated rings. The minimum Gasteiger partial charge on any atom is -0.462 e. The van der Waals surface area contributed by atoms with Gasteiger partial charge in [-0.15, -0.1) is 11.3 Å². The van der Waals surface area contributed by atoms with Crippen molar-refractivity contribution in [1.29, 1.82) is 0 Å². The van der Waals surface area contributed by atoms with Gasteiger partial charge in [-0.3, -0.25) is 14.2 Å². The second kappa shape index (κ2) is 8.41. The predicted octanol–water partition coefficient (Wildman–Crippen LogP) is 3.15.